The summed E-state index contributed by atoms with van der Waals surface area (Å²) in [5.41, 5.74) is 8.96. The van der Waals surface area contributed by atoms with E-state index in [0.29, 0.717) is 6.54 Å². The van der Waals surface area contributed by atoms with Gasteiger partial charge in [0.05, 0.1) is 0 Å². The molecule has 0 unspecified atom stereocenters. The molecule has 0 bridgehead atoms. The lowest BCUT2D eigenvalue weighted by molar-refractivity contribution is 0.135. The fourth-order valence-electron chi connectivity index (χ4n) is 2.71. The number of aryl methyl sites for hydroxylation is 1. The molecule has 3 rings (SSSR count). The number of para-hydroxylation sites is 1. The molecule has 0 radical (unpaired) electrons. The second-order valence-corrected chi connectivity index (χ2v) is 6.20. The summed E-state index contributed by atoms with van der Waals surface area (Å²) in [6.45, 7) is 6.68. The molecule has 0 atom stereocenters. The third-order valence-electron chi connectivity index (χ3n) is 3.72. The van der Waals surface area contributed by atoms with Crippen LogP contribution in [-0.4, -0.2) is 5.60 Å². The highest BCUT2D eigenvalue weighted by molar-refractivity contribution is 5.52. The molecule has 0 fully saturated rings. The molecule has 110 valence electrons. The topological polar surface area (TPSA) is 44.5 Å². The Morgan fingerprint density at radius 1 is 1.19 bits per heavy atom. The van der Waals surface area contributed by atoms with Gasteiger partial charge in [-0.2, -0.15) is 0 Å². The number of ether oxygens (including phenoxy) is 2. The molecule has 2 aromatic rings. The van der Waals surface area contributed by atoms with Crippen LogP contribution >= 0.6 is 0 Å². The largest absolute Gasteiger partial charge is 0.483 e. The van der Waals surface area contributed by atoms with Crippen LogP contribution in [-0.2, 0) is 13.0 Å². The fourth-order valence-corrected chi connectivity index (χ4v) is 2.71. The van der Waals surface area contributed by atoms with Crippen LogP contribution in [0.4, 0.5) is 0 Å². The third-order valence-corrected chi connectivity index (χ3v) is 3.72. The lowest BCUT2D eigenvalue weighted by Crippen LogP contribution is -2.24. The Kier molecular flexibility index (Phi) is 3.38. The first kappa shape index (κ1) is 14.0. The van der Waals surface area contributed by atoms with Crippen molar-refractivity contribution in [2.45, 2.75) is 39.3 Å². The van der Waals surface area contributed by atoms with Gasteiger partial charge in [0.15, 0.2) is 11.5 Å². The number of benzene rings is 2. The Bertz CT molecular complexity index is 677. The lowest BCUT2D eigenvalue weighted by atomic mass is 10.0. The molecule has 2 aromatic carbocycles. The van der Waals surface area contributed by atoms with Gasteiger partial charge in [-0.05, 0) is 38.5 Å². The lowest BCUT2D eigenvalue weighted by Gasteiger charge is -2.18. The van der Waals surface area contributed by atoms with E-state index in [1.54, 1.807) is 0 Å². The quantitative estimate of drug-likeness (QED) is 0.927. The van der Waals surface area contributed by atoms with E-state index in [2.05, 4.69) is 19.9 Å². The van der Waals surface area contributed by atoms with Gasteiger partial charge in [-0.15, -0.1) is 0 Å². The van der Waals surface area contributed by atoms with E-state index < -0.39 is 0 Å². The van der Waals surface area contributed by atoms with Crippen LogP contribution in [0.15, 0.2) is 36.4 Å². The van der Waals surface area contributed by atoms with Crippen molar-refractivity contribution in [2.24, 2.45) is 5.73 Å². The predicted molar refractivity (Wildman–Crippen MR) is 84.0 cm³/mol. The molecule has 1 aliphatic heterocycles. The molecule has 0 saturated heterocycles. The second kappa shape index (κ2) is 5.08. The zero-order valence-electron chi connectivity index (χ0n) is 12.8. The van der Waals surface area contributed by atoms with Gasteiger partial charge in [-0.1, -0.05) is 24.3 Å². The minimum absolute atomic E-state index is 0.175. The highest BCUT2D eigenvalue weighted by Crippen LogP contribution is 2.43. The molecule has 2 N–H and O–H groups in total. The van der Waals surface area contributed by atoms with Gasteiger partial charge in [-0.3, -0.25) is 0 Å². The first-order valence-electron chi connectivity index (χ1n) is 7.27. The molecular formula is C18H21NO2. The Labute approximate surface area is 125 Å². The van der Waals surface area contributed by atoms with Crippen molar-refractivity contribution in [3.05, 3.63) is 53.1 Å². The Morgan fingerprint density at radius 2 is 2.00 bits per heavy atom. The number of hydrogen-bond acceptors (Lipinski definition) is 3. The Morgan fingerprint density at radius 3 is 2.76 bits per heavy atom. The summed E-state index contributed by atoms with van der Waals surface area (Å²) < 4.78 is 12.2. The maximum Gasteiger partial charge on any atom is 0.169 e. The van der Waals surface area contributed by atoms with Crippen LogP contribution < -0.4 is 15.2 Å². The van der Waals surface area contributed by atoms with Crippen molar-refractivity contribution >= 4 is 0 Å². The minimum Gasteiger partial charge on any atom is -0.483 e. The predicted octanol–water partition coefficient (Wildman–Crippen LogP) is 3.96. The molecule has 21 heavy (non-hydrogen) atoms. The summed E-state index contributed by atoms with van der Waals surface area (Å²) in [6.07, 6.45) is 0.900. The molecule has 0 spiro atoms. The van der Waals surface area contributed by atoms with Gasteiger partial charge in [0.2, 0.25) is 0 Å². The molecular weight excluding hydrogens is 262 g/mol. The van der Waals surface area contributed by atoms with Crippen molar-refractivity contribution in [2.75, 3.05) is 0 Å². The van der Waals surface area contributed by atoms with E-state index in [1.165, 1.54) is 5.56 Å². The number of hydrogen-bond donors (Lipinski definition) is 1. The van der Waals surface area contributed by atoms with E-state index >= 15 is 0 Å². The Hall–Kier alpha value is -2.00. The van der Waals surface area contributed by atoms with Crippen LogP contribution in [0.3, 0.4) is 0 Å². The van der Waals surface area contributed by atoms with Gasteiger partial charge < -0.3 is 15.2 Å². The zero-order valence-corrected chi connectivity index (χ0v) is 12.8. The molecule has 3 heteroatoms. The summed E-state index contributed by atoms with van der Waals surface area (Å²) in [6, 6.07) is 12.1. The fraction of sp³-hybridized carbons (Fsp3) is 0.333. The molecule has 0 amide bonds. The van der Waals surface area contributed by atoms with E-state index in [-0.39, 0.29) is 5.60 Å². The van der Waals surface area contributed by atoms with E-state index in [9.17, 15) is 0 Å². The first-order chi connectivity index (χ1) is 9.98. The average molecular weight is 283 g/mol. The molecule has 0 aliphatic carbocycles. The van der Waals surface area contributed by atoms with Crippen molar-refractivity contribution < 1.29 is 9.47 Å². The van der Waals surface area contributed by atoms with E-state index in [4.69, 9.17) is 15.2 Å². The normalized spacial score (nSPS) is 15.4. The number of nitrogens with two attached hydrogens (primary N) is 1. The highest BCUT2D eigenvalue weighted by Gasteiger charge is 2.32. The SMILES string of the molecule is Cc1ccc(CN)c(Oc2cccc3c2OC(C)(C)C3)c1. The Balaban J connectivity index is 1.98. The summed E-state index contributed by atoms with van der Waals surface area (Å²) in [7, 11) is 0. The smallest absolute Gasteiger partial charge is 0.169 e. The number of fused-ring (bicyclic) bond motifs is 1. The minimum atomic E-state index is -0.175. The second-order valence-electron chi connectivity index (χ2n) is 6.20. The van der Waals surface area contributed by atoms with Crippen LogP contribution in [0.5, 0.6) is 17.2 Å². The molecule has 3 nitrogen and oxygen atoms in total. The van der Waals surface area contributed by atoms with Gasteiger partial charge in [0.25, 0.3) is 0 Å². The van der Waals surface area contributed by atoms with Crippen molar-refractivity contribution in [3.8, 4) is 17.2 Å². The zero-order chi connectivity index (χ0) is 15.0. The van der Waals surface area contributed by atoms with Gasteiger partial charge in [-0.25, -0.2) is 0 Å². The van der Waals surface area contributed by atoms with E-state index in [1.807, 2.05) is 37.3 Å². The maximum atomic E-state index is 6.11. The summed E-state index contributed by atoms with van der Waals surface area (Å²) in [5.74, 6) is 2.42. The van der Waals surface area contributed by atoms with Crippen LogP contribution in [0.2, 0.25) is 0 Å². The van der Waals surface area contributed by atoms with Gasteiger partial charge >= 0.3 is 0 Å². The number of rotatable bonds is 3. The highest BCUT2D eigenvalue weighted by atomic mass is 16.5. The van der Waals surface area contributed by atoms with Crippen molar-refractivity contribution in [1.29, 1.82) is 0 Å². The standard InChI is InChI=1S/C18H21NO2/c1-12-7-8-14(11-19)16(9-12)20-15-6-4-5-13-10-18(2,3)21-17(13)15/h4-9H,10-11,19H2,1-3H3. The summed E-state index contributed by atoms with van der Waals surface area (Å²) >= 11 is 0. The van der Waals surface area contributed by atoms with Crippen LogP contribution in [0.25, 0.3) is 0 Å². The molecule has 1 aliphatic rings. The summed E-state index contributed by atoms with van der Waals surface area (Å²) in [4.78, 5) is 0. The van der Waals surface area contributed by atoms with Crippen LogP contribution in [0.1, 0.15) is 30.5 Å². The summed E-state index contributed by atoms with van der Waals surface area (Å²) in [5, 5.41) is 0. The first-order valence-corrected chi connectivity index (χ1v) is 7.27. The molecule has 0 aromatic heterocycles. The van der Waals surface area contributed by atoms with Gasteiger partial charge in [0.1, 0.15) is 11.4 Å². The van der Waals surface area contributed by atoms with Gasteiger partial charge in [0, 0.05) is 24.1 Å². The molecule has 0 saturated carbocycles. The monoisotopic (exact) mass is 283 g/mol. The average Bonchev–Trinajstić information content (AvgIpc) is 2.74. The van der Waals surface area contributed by atoms with Crippen LogP contribution in [0, 0.1) is 6.92 Å². The maximum absolute atomic E-state index is 6.11. The molecule has 1 heterocycles. The van der Waals surface area contributed by atoms with E-state index in [0.717, 1.165) is 34.8 Å². The third kappa shape index (κ3) is 2.74. The van der Waals surface area contributed by atoms with Crippen molar-refractivity contribution in [3.63, 3.8) is 0 Å². The van der Waals surface area contributed by atoms with Crippen molar-refractivity contribution in [1.82, 2.24) is 0 Å².